The van der Waals surface area contributed by atoms with Crippen molar-refractivity contribution >= 4 is 48.9 Å². The summed E-state index contributed by atoms with van der Waals surface area (Å²) in [6.07, 6.45) is 0. The van der Waals surface area contributed by atoms with Gasteiger partial charge in [0, 0.05) is 32.5 Å². The Morgan fingerprint density at radius 3 is 1.97 bits per heavy atom. The lowest BCUT2D eigenvalue weighted by molar-refractivity contribution is -0.124. The van der Waals surface area contributed by atoms with Gasteiger partial charge in [-0.15, -0.1) is 5.54 Å². The lowest BCUT2D eigenvalue weighted by atomic mass is 10.0. The van der Waals surface area contributed by atoms with E-state index in [-0.39, 0.29) is 29.8 Å². The van der Waals surface area contributed by atoms with E-state index in [1.807, 2.05) is 13.0 Å². The standard InChI is InChI=1S/C27H36N2O4SSi2/c1-19-10-12-23(13-11-19)34(32,33)28-17-22-16-26(29(20(2)30)21(3)31)27(36(7,8)9)24(25(22)18-28)14-15-35(4,5)6/h10-13,16H,17-18H2,1-9H3. The molecule has 9 heteroatoms. The average molecular weight is 541 g/mol. The molecule has 192 valence electrons. The Balaban J connectivity index is 2.32. The van der Waals surface area contributed by atoms with Crippen LogP contribution in [0.1, 0.15) is 36.1 Å². The molecule has 0 bridgehead atoms. The number of benzene rings is 2. The molecular weight excluding hydrogens is 505 g/mol. The van der Waals surface area contributed by atoms with Gasteiger partial charge in [0.1, 0.15) is 8.07 Å². The van der Waals surface area contributed by atoms with Crippen LogP contribution < -0.4 is 10.1 Å². The van der Waals surface area contributed by atoms with Gasteiger partial charge < -0.3 is 0 Å². The van der Waals surface area contributed by atoms with Crippen molar-refractivity contribution in [2.24, 2.45) is 0 Å². The number of imide groups is 1. The van der Waals surface area contributed by atoms with Gasteiger partial charge in [0.05, 0.1) is 18.7 Å². The summed E-state index contributed by atoms with van der Waals surface area (Å²) in [6, 6.07) is 8.69. The van der Waals surface area contributed by atoms with E-state index in [4.69, 9.17) is 0 Å². The molecule has 0 radical (unpaired) electrons. The zero-order chi connectivity index (χ0) is 27.2. The van der Waals surface area contributed by atoms with Crippen LogP contribution in [0.25, 0.3) is 0 Å². The summed E-state index contributed by atoms with van der Waals surface area (Å²) in [7, 11) is -7.67. The topological polar surface area (TPSA) is 74.8 Å². The molecule has 2 amide bonds. The van der Waals surface area contributed by atoms with Crippen molar-refractivity contribution < 1.29 is 18.0 Å². The summed E-state index contributed by atoms with van der Waals surface area (Å²) in [5, 5.41) is 0.923. The number of hydrogen-bond acceptors (Lipinski definition) is 4. The number of fused-ring (bicyclic) bond motifs is 1. The highest BCUT2D eigenvalue weighted by atomic mass is 32.2. The quantitative estimate of drug-likeness (QED) is 0.426. The first-order valence-electron chi connectivity index (χ1n) is 12.0. The van der Waals surface area contributed by atoms with E-state index < -0.39 is 26.2 Å². The maximum Gasteiger partial charge on any atom is 0.243 e. The van der Waals surface area contributed by atoms with Crippen LogP contribution in [0.4, 0.5) is 5.69 Å². The second-order valence-electron chi connectivity index (χ2n) is 11.5. The van der Waals surface area contributed by atoms with Gasteiger partial charge in [0.2, 0.25) is 21.8 Å². The predicted molar refractivity (Wildman–Crippen MR) is 151 cm³/mol. The molecule has 6 nitrogen and oxygen atoms in total. The number of hydrogen-bond donors (Lipinski definition) is 0. The van der Waals surface area contributed by atoms with E-state index in [2.05, 4.69) is 50.7 Å². The summed E-state index contributed by atoms with van der Waals surface area (Å²) in [4.78, 5) is 26.7. The van der Waals surface area contributed by atoms with Crippen molar-refractivity contribution in [1.29, 1.82) is 0 Å². The summed E-state index contributed by atoms with van der Waals surface area (Å²) in [5.41, 5.74) is 7.44. The molecule has 0 aromatic heterocycles. The third-order valence-electron chi connectivity index (χ3n) is 6.03. The molecule has 0 atom stereocenters. The Morgan fingerprint density at radius 1 is 0.944 bits per heavy atom. The van der Waals surface area contributed by atoms with E-state index >= 15 is 0 Å². The third-order valence-corrected chi connectivity index (χ3v) is 10.7. The Hall–Kier alpha value is -2.52. The molecule has 0 fully saturated rings. The molecule has 1 aliphatic heterocycles. The van der Waals surface area contributed by atoms with Crippen LogP contribution in [0.2, 0.25) is 39.3 Å². The van der Waals surface area contributed by atoms with Gasteiger partial charge >= 0.3 is 0 Å². The first kappa shape index (κ1) is 28.1. The Bertz CT molecular complexity index is 1380. The van der Waals surface area contributed by atoms with Crippen molar-refractivity contribution in [2.45, 2.75) is 78.0 Å². The molecule has 0 saturated heterocycles. The zero-order valence-electron chi connectivity index (χ0n) is 22.7. The number of aryl methyl sites for hydroxylation is 1. The molecule has 2 aromatic rings. The van der Waals surface area contributed by atoms with Crippen LogP contribution >= 0.6 is 0 Å². The van der Waals surface area contributed by atoms with Gasteiger partial charge in [0.25, 0.3) is 0 Å². The van der Waals surface area contributed by atoms with E-state index in [1.165, 1.54) is 23.1 Å². The highest BCUT2D eigenvalue weighted by molar-refractivity contribution is 7.89. The van der Waals surface area contributed by atoms with E-state index in [0.29, 0.717) is 5.69 Å². The van der Waals surface area contributed by atoms with Gasteiger partial charge in [-0.25, -0.2) is 8.42 Å². The highest BCUT2D eigenvalue weighted by Gasteiger charge is 2.37. The lowest BCUT2D eigenvalue weighted by Gasteiger charge is -2.29. The first-order valence-corrected chi connectivity index (χ1v) is 20.5. The number of sulfonamides is 1. The summed E-state index contributed by atoms with van der Waals surface area (Å²) in [5.74, 6) is 2.69. The van der Waals surface area contributed by atoms with Crippen LogP contribution in [-0.4, -0.2) is 40.7 Å². The second kappa shape index (κ2) is 9.74. The van der Waals surface area contributed by atoms with Crippen LogP contribution in [0.15, 0.2) is 35.2 Å². The molecular formula is C27H36N2O4SSi2. The van der Waals surface area contributed by atoms with Crippen molar-refractivity contribution in [3.8, 4) is 11.5 Å². The summed E-state index contributed by atoms with van der Waals surface area (Å²) in [6.45, 7) is 18.0. The SMILES string of the molecule is CC(=O)N(C(C)=O)c1cc2c(c(C#C[Si](C)(C)C)c1[Si](C)(C)C)CN(S(=O)(=O)c1ccc(C)cc1)C2. The fraction of sp³-hybridized carbons (Fsp3) is 0.407. The molecule has 0 spiro atoms. The number of amides is 2. The number of nitrogens with zero attached hydrogens (tertiary/aromatic N) is 2. The van der Waals surface area contributed by atoms with E-state index in [9.17, 15) is 18.0 Å². The molecule has 0 aliphatic carbocycles. The molecule has 0 saturated carbocycles. The van der Waals surface area contributed by atoms with Gasteiger partial charge in [-0.2, -0.15) is 4.31 Å². The lowest BCUT2D eigenvalue weighted by Crippen LogP contribution is -2.47. The largest absolute Gasteiger partial charge is 0.274 e. The van der Waals surface area contributed by atoms with Gasteiger partial charge in [0.15, 0.2) is 0 Å². The smallest absolute Gasteiger partial charge is 0.243 e. The van der Waals surface area contributed by atoms with Crippen LogP contribution in [-0.2, 0) is 32.7 Å². The molecule has 36 heavy (non-hydrogen) atoms. The Labute approximate surface area is 217 Å². The van der Waals surface area contributed by atoms with Gasteiger partial charge in [-0.1, -0.05) is 62.9 Å². The van der Waals surface area contributed by atoms with Crippen LogP contribution in [0.5, 0.6) is 0 Å². The minimum atomic E-state index is -3.74. The fourth-order valence-electron chi connectivity index (χ4n) is 4.42. The highest BCUT2D eigenvalue weighted by Crippen LogP contribution is 2.35. The fourth-order valence-corrected chi connectivity index (χ4v) is 8.22. The van der Waals surface area contributed by atoms with Crippen molar-refractivity contribution in [2.75, 3.05) is 4.90 Å². The normalized spacial score (nSPS) is 14.1. The minimum absolute atomic E-state index is 0.162. The summed E-state index contributed by atoms with van der Waals surface area (Å²) < 4.78 is 28.6. The summed E-state index contributed by atoms with van der Waals surface area (Å²) >= 11 is 0. The molecule has 2 aromatic carbocycles. The molecule has 0 unspecified atom stereocenters. The zero-order valence-corrected chi connectivity index (χ0v) is 25.6. The second-order valence-corrected chi connectivity index (χ2v) is 23.2. The third kappa shape index (κ3) is 5.73. The van der Waals surface area contributed by atoms with Gasteiger partial charge in [-0.05, 0) is 41.4 Å². The van der Waals surface area contributed by atoms with Crippen molar-refractivity contribution in [3.63, 3.8) is 0 Å². The number of rotatable bonds is 4. The predicted octanol–water partition coefficient (Wildman–Crippen LogP) is 4.37. The van der Waals surface area contributed by atoms with Crippen molar-refractivity contribution in [1.82, 2.24) is 4.31 Å². The van der Waals surface area contributed by atoms with Crippen molar-refractivity contribution in [3.05, 3.63) is 52.6 Å². The molecule has 0 N–H and O–H groups in total. The van der Waals surface area contributed by atoms with E-state index in [1.54, 1.807) is 24.3 Å². The first-order chi connectivity index (χ1) is 16.4. The minimum Gasteiger partial charge on any atom is -0.274 e. The van der Waals surface area contributed by atoms with Gasteiger partial charge in [-0.3, -0.25) is 14.5 Å². The molecule has 1 heterocycles. The maximum absolute atomic E-state index is 13.5. The maximum atomic E-state index is 13.5. The molecule has 1 aliphatic rings. The Kier molecular flexibility index (Phi) is 7.60. The molecule has 3 rings (SSSR count). The number of anilines is 1. The van der Waals surface area contributed by atoms with Crippen LogP contribution in [0, 0.1) is 18.4 Å². The van der Waals surface area contributed by atoms with Crippen LogP contribution in [0.3, 0.4) is 0 Å². The average Bonchev–Trinajstić information content (AvgIpc) is 3.15. The Morgan fingerprint density at radius 2 is 1.50 bits per heavy atom. The van der Waals surface area contributed by atoms with E-state index in [0.717, 1.165) is 27.4 Å². The monoisotopic (exact) mass is 540 g/mol. The number of carbonyl (C=O) groups is 2. The number of carbonyl (C=O) groups excluding carboxylic acids is 2.